The molecule has 1 aliphatic rings. The van der Waals surface area contributed by atoms with Gasteiger partial charge in [0.25, 0.3) is 0 Å². The fraction of sp³-hybridized carbons (Fsp3) is 0.273. The third-order valence-corrected chi connectivity index (χ3v) is 5.04. The molecule has 1 N–H and O–H groups in total. The molecule has 154 valence electrons. The van der Waals surface area contributed by atoms with Gasteiger partial charge < -0.3 is 19.5 Å². The first-order valence-corrected chi connectivity index (χ1v) is 9.65. The SMILES string of the molecule is COc1cccc(CNC(=O)C2CC(=O)N(c3cccc(-c4noc(C)n4)c3)C2)c1. The van der Waals surface area contributed by atoms with Crippen LogP contribution in [0.1, 0.15) is 17.9 Å². The number of nitrogens with one attached hydrogen (secondary N) is 1. The lowest BCUT2D eigenvalue weighted by Crippen LogP contribution is -2.32. The average Bonchev–Trinajstić information content (AvgIpc) is 3.38. The van der Waals surface area contributed by atoms with Crippen molar-refractivity contribution in [3.05, 3.63) is 60.0 Å². The lowest BCUT2D eigenvalue weighted by molar-refractivity contribution is -0.126. The third-order valence-electron chi connectivity index (χ3n) is 5.04. The minimum atomic E-state index is -0.404. The number of nitrogens with zero attached hydrogens (tertiary/aromatic N) is 3. The first-order valence-electron chi connectivity index (χ1n) is 9.65. The topological polar surface area (TPSA) is 97.6 Å². The third kappa shape index (κ3) is 4.17. The molecule has 0 spiro atoms. The molecule has 1 fully saturated rings. The molecule has 8 heteroatoms. The molecule has 0 saturated carbocycles. The highest BCUT2D eigenvalue weighted by molar-refractivity contribution is 6.00. The molecule has 1 aromatic heterocycles. The van der Waals surface area contributed by atoms with E-state index in [1.165, 1.54) is 0 Å². The Hall–Kier alpha value is -3.68. The van der Waals surface area contributed by atoms with E-state index < -0.39 is 5.92 Å². The van der Waals surface area contributed by atoms with Gasteiger partial charge in [-0.15, -0.1) is 0 Å². The molecule has 4 rings (SSSR count). The van der Waals surface area contributed by atoms with Crippen LogP contribution in [-0.4, -0.2) is 35.6 Å². The minimum absolute atomic E-state index is 0.0852. The van der Waals surface area contributed by atoms with Crippen molar-refractivity contribution < 1.29 is 18.8 Å². The second-order valence-corrected chi connectivity index (χ2v) is 7.16. The molecule has 0 bridgehead atoms. The molecule has 2 heterocycles. The quantitative estimate of drug-likeness (QED) is 0.676. The molecule has 8 nitrogen and oxygen atoms in total. The van der Waals surface area contributed by atoms with Crippen LogP contribution in [0, 0.1) is 12.8 Å². The maximum absolute atomic E-state index is 12.6. The summed E-state index contributed by atoms with van der Waals surface area (Å²) in [7, 11) is 1.60. The van der Waals surface area contributed by atoms with Crippen molar-refractivity contribution in [2.24, 2.45) is 5.92 Å². The summed E-state index contributed by atoms with van der Waals surface area (Å²) in [5, 5.41) is 6.84. The van der Waals surface area contributed by atoms with Gasteiger partial charge >= 0.3 is 0 Å². The standard InChI is InChI=1S/C22H22N4O4/c1-14-24-21(25-30-14)16-6-4-7-18(10-16)26-13-17(11-20(26)27)22(28)23-12-15-5-3-8-19(9-15)29-2/h3-10,17H,11-13H2,1-2H3,(H,23,28). The predicted octanol–water partition coefficient (Wildman–Crippen LogP) is 2.72. The van der Waals surface area contributed by atoms with Crippen molar-refractivity contribution in [2.45, 2.75) is 19.9 Å². The summed E-state index contributed by atoms with van der Waals surface area (Å²) in [6, 6.07) is 14.9. The summed E-state index contributed by atoms with van der Waals surface area (Å²) >= 11 is 0. The monoisotopic (exact) mass is 406 g/mol. The van der Waals surface area contributed by atoms with Crippen LogP contribution in [0.3, 0.4) is 0 Å². The molecule has 1 saturated heterocycles. The van der Waals surface area contributed by atoms with Crippen LogP contribution in [0.15, 0.2) is 53.1 Å². The van der Waals surface area contributed by atoms with Gasteiger partial charge in [0, 0.05) is 37.7 Å². The Balaban J connectivity index is 1.42. The van der Waals surface area contributed by atoms with E-state index in [-0.39, 0.29) is 18.2 Å². The van der Waals surface area contributed by atoms with Crippen molar-refractivity contribution in [1.82, 2.24) is 15.5 Å². The minimum Gasteiger partial charge on any atom is -0.497 e. The Morgan fingerprint density at radius 2 is 2.10 bits per heavy atom. The van der Waals surface area contributed by atoms with Gasteiger partial charge in [-0.1, -0.05) is 29.4 Å². The lowest BCUT2D eigenvalue weighted by atomic mass is 10.1. The number of rotatable bonds is 6. The molecular weight excluding hydrogens is 384 g/mol. The van der Waals surface area contributed by atoms with E-state index in [0.717, 1.165) is 16.9 Å². The number of methoxy groups -OCH3 is 1. The number of aryl methyl sites for hydroxylation is 1. The van der Waals surface area contributed by atoms with E-state index in [2.05, 4.69) is 15.5 Å². The Kier molecular flexibility index (Phi) is 5.47. The Labute approximate surface area is 173 Å². The first-order chi connectivity index (χ1) is 14.5. The molecule has 30 heavy (non-hydrogen) atoms. The molecule has 0 radical (unpaired) electrons. The molecule has 2 amide bonds. The Bertz CT molecular complexity index is 1080. The number of benzene rings is 2. The normalized spacial score (nSPS) is 16.0. The summed E-state index contributed by atoms with van der Waals surface area (Å²) in [6.45, 7) is 2.43. The fourth-order valence-electron chi connectivity index (χ4n) is 3.48. The van der Waals surface area contributed by atoms with Gasteiger partial charge in [-0.25, -0.2) is 0 Å². The molecule has 1 aliphatic heterocycles. The van der Waals surface area contributed by atoms with Crippen molar-refractivity contribution >= 4 is 17.5 Å². The molecule has 1 atom stereocenters. The number of hydrogen-bond acceptors (Lipinski definition) is 6. The van der Waals surface area contributed by atoms with E-state index in [0.29, 0.717) is 30.5 Å². The first kappa shape index (κ1) is 19.6. The fourth-order valence-corrected chi connectivity index (χ4v) is 3.48. The smallest absolute Gasteiger partial charge is 0.227 e. The van der Waals surface area contributed by atoms with Crippen LogP contribution in [0.4, 0.5) is 5.69 Å². The number of carbonyl (C=O) groups is 2. The van der Waals surface area contributed by atoms with Gasteiger partial charge in [-0.2, -0.15) is 4.98 Å². The zero-order valence-corrected chi connectivity index (χ0v) is 16.8. The second kappa shape index (κ2) is 8.36. The summed E-state index contributed by atoms with van der Waals surface area (Å²) < 4.78 is 10.2. The predicted molar refractivity (Wildman–Crippen MR) is 110 cm³/mol. The molecule has 0 aliphatic carbocycles. The number of anilines is 1. The van der Waals surface area contributed by atoms with Gasteiger partial charge in [-0.3, -0.25) is 9.59 Å². The van der Waals surface area contributed by atoms with Crippen molar-refractivity contribution in [3.8, 4) is 17.1 Å². The van der Waals surface area contributed by atoms with E-state index in [1.54, 1.807) is 18.9 Å². The molecular formula is C22H22N4O4. The number of amides is 2. The van der Waals surface area contributed by atoms with Crippen LogP contribution in [-0.2, 0) is 16.1 Å². The van der Waals surface area contributed by atoms with Crippen molar-refractivity contribution in [2.75, 3.05) is 18.6 Å². The molecule has 2 aromatic carbocycles. The Morgan fingerprint density at radius 3 is 2.87 bits per heavy atom. The molecule has 1 unspecified atom stereocenters. The van der Waals surface area contributed by atoms with Crippen molar-refractivity contribution in [3.63, 3.8) is 0 Å². The number of aromatic nitrogens is 2. The van der Waals surface area contributed by atoms with Crippen LogP contribution in [0.2, 0.25) is 0 Å². The van der Waals surface area contributed by atoms with Crippen LogP contribution in [0.5, 0.6) is 5.75 Å². The number of ether oxygens (including phenoxy) is 1. The summed E-state index contributed by atoms with van der Waals surface area (Å²) in [5.74, 6) is 1.05. The maximum atomic E-state index is 12.6. The number of carbonyl (C=O) groups excluding carboxylic acids is 2. The largest absolute Gasteiger partial charge is 0.497 e. The lowest BCUT2D eigenvalue weighted by Gasteiger charge is -2.17. The zero-order chi connectivity index (χ0) is 21.1. The highest BCUT2D eigenvalue weighted by Crippen LogP contribution is 2.28. The van der Waals surface area contributed by atoms with Gasteiger partial charge in [-0.05, 0) is 29.8 Å². The van der Waals surface area contributed by atoms with E-state index in [9.17, 15) is 9.59 Å². The molecule has 3 aromatic rings. The maximum Gasteiger partial charge on any atom is 0.227 e. The second-order valence-electron chi connectivity index (χ2n) is 7.16. The van der Waals surface area contributed by atoms with Crippen LogP contribution >= 0.6 is 0 Å². The summed E-state index contributed by atoms with van der Waals surface area (Å²) in [6.07, 6.45) is 0.176. The highest BCUT2D eigenvalue weighted by Gasteiger charge is 2.35. The number of hydrogen-bond donors (Lipinski definition) is 1. The van der Waals surface area contributed by atoms with Gasteiger partial charge in [0.1, 0.15) is 5.75 Å². The summed E-state index contributed by atoms with van der Waals surface area (Å²) in [4.78, 5) is 31.1. The van der Waals surface area contributed by atoms with E-state index in [4.69, 9.17) is 9.26 Å². The van der Waals surface area contributed by atoms with Gasteiger partial charge in [0.15, 0.2) is 0 Å². The van der Waals surface area contributed by atoms with Gasteiger partial charge in [0.05, 0.1) is 13.0 Å². The summed E-state index contributed by atoms with van der Waals surface area (Å²) in [5.41, 5.74) is 2.40. The van der Waals surface area contributed by atoms with Crippen molar-refractivity contribution in [1.29, 1.82) is 0 Å². The van der Waals surface area contributed by atoms with Gasteiger partial charge in [0.2, 0.25) is 23.5 Å². The average molecular weight is 406 g/mol. The van der Waals surface area contributed by atoms with Crippen LogP contribution < -0.4 is 15.0 Å². The Morgan fingerprint density at radius 1 is 1.27 bits per heavy atom. The zero-order valence-electron chi connectivity index (χ0n) is 16.8. The van der Waals surface area contributed by atoms with E-state index >= 15 is 0 Å². The van der Waals surface area contributed by atoms with E-state index in [1.807, 2.05) is 48.5 Å². The highest BCUT2D eigenvalue weighted by atomic mass is 16.5. The van der Waals surface area contributed by atoms with Crippen LogP contribution in [0.25, 0.3) is 11.4 Å².